The third-order valence-electron chi connectivity index (χ3n) is 2.23. The van der Waals surface area contributed by atoms with Gasteiger partial charge in [0.1, 0.15) is 5.75 Å². The summed E-state index contributed by atoms with van der Waals surface area (Å²) in [6.45, 7) is 5.39. The van der Waals surface area contributed by atoms with Crippen LogP contribution < -0.4 is 0 Å². The maximum absolute atomic E-state index is 9.86. The summed E-state index contributed by atoms with van der Waals surface area (Å²) >= 11 is 3.35. The molecule has 0 aliphatic carbocycles. The first-order valence-corrected chi connectivity index (χ1v) is 5.09. The number of hydrogen-bond donors (Lipinski definition) is 1. The van der Waals surface area contributed by atoms with E-state index in [9.17, 15) is 5.11 Å². The SMILES string of the molecule is Cc1ccc(Br)c(C(C)(C)C#N)c1O. The summed E-state index contributed by atoms with van der Waals surface area (Å²) in [4.78, 5) is 0. The maximum Gasteiger partial charge on any atom is 0.124 e. The van der Waals surface area contributed by atoms with Gasteiger partial charge in [-0.05, 0) is 32.4 Å². The molecule has 0 saturated heterocycles. The zero-order valence-corrected chi connectivity index (χ0v) is 10.0. The van der Waals surface area contributed by atoms with E-state index in [0.717, 1.165) is 10.0 Å². The molecule has 2 nitrogen and oxygen atoms in total. The second-order valence-electron chi connectivity index (χ2n) is 3.82. The molecule has 1 aromatic carbocycles. The molecule has 0 atom stereocenters. The van der Waals surface area contributed by atoms with Crippen LogP contribution in [0.3, 0.4) is 0 Å². The number of hydrogen-bond acceptors (Lipinski definition) is 2. The Labute approximate surface area is 92.3 Å². The quantitative estimate of drug-likeness (QED) is 0.835. The number of nitriles is 1. The van der Waals surface area contributed by atoms with Crippen LogP contribution in [0.2, 0.25) is 0 Å². The fourth-order valence-electron chi connectivity index (χ4n) is 1.32. The van der Waals surface area contributed by atoms with Crippen LogP contribution in [0.5, 0.6) is 5.75 Å². The predicted molar refractivity (Wildman–Crippen MR) is 59.2 cm³/mol. The highest BCUT2D eigenvalue weighted by Crippen LogP contribution is 2.38. The lowest BCUT2D eigenvalue weighted by atomic mass is 9.85. The van der Waals surface area contributed by atoms with Crippen molar-refractivity contribution < 1.29 is 5.11 Å². The van der Waals surface area contributed by atoms with Crippen LogP contribution >= 0.6 is 15.9 Å². The Morgan fingerprint density at radius 2 is 2.00 bits per heavy atom. The molecular formula is C11H12BrNO. The molecule has 0 saturated carbocycles. The summed E-state index contributed by atoms with van der Waals surface area (Å²) in [5.41, 5.74) is 0.751. The van der Waals surface area contributed by atoms with Crippen LogP contribution in [0.15, 0.2) is 16.6 Å². The van der Waals surface area contributed by atoms with Gasteiger partial charge >= 0.3 is 0 Å². The molecule has 0 bridgehead atoms. The van der Waals surface area contributed by atoms with E-state index in [4.69, 9.17) is 5.26 Å². The van der Waals surface area contributed by atoms with Crippen molar-refractivity contribution in [2.75, 3.05) is 0 Å². The van der Waals surface area contributed by atoms with E-state index in [1.54, 1.807) is 13.8 Å². The van der Waals surface area contributed by atoms with E-state index in [1.165, 1.54) is 0 Å². The Bertz CT molecular complexity index is 404. The van der Waals surface area contributed by atoms with Gasteiger partial charge < -0.3 is 5.11 Å². The van der Waals surface area contributed by atoms with Crippen molar-refractivity contribution in [3.63, 3.8) is 0 Å². The highest BCUT2D eigenvalue weighted by atomic mass is 79.9. The van der Waals surface area contributed by atoms with Crippen LogP contribution in [0.4, 0.5) is 0 Å². The highest BCUT2D eigenvalue weighted by molar-refractivity contribution is 9.10. The van der Waals surface area contributed by atoms with Gasteiger partial charge in [0.05, 0.1) is 11.5 Å². The molecule has 0 radical (unpaired) electrons. The summed E-state index contributed by atoms with van der Waals surface area (Å²) in [5.74, 6) is 0.200. The van der Waals surface area contributed by atoms with Crippen LogP contribution in [-0.2, 0) is 5.41 Å². The molecule has 1 rings (SSSR count). The first-order chi connectivity index (χ1) is 6.40. The van der Waals surface area contributed by atoms with Crippen LogP contribution in [-0.4, -0.2) is 5.11 Å². The monoisotopic (exact) mass is 253 g/mol. The standard InChI is InChI=1S/C11H12BrNO/c1-7-4-5-8(12)9(10(7)14)11(2,3)6-13/h4-5,14H,1-3H3. The minimum atomic E-state index is -0.686. The molecule has 0 aliphatic heterocycles. The predicted octanol–water partition coefficient (Wildman–Crippen LogP) is 3.26. The van der Waals surface area contributed by atoms with Gasteiger partial charge in [-0.1, -0.05) is 22.0 Å². The summed E-state index contributed by atoms with van der Waals surface area (Å²) in [5, 5.41) is 18.9. The lowest BCUT2D eigenvalue weighted by molar-refractivity contribution is 0.452. The van der Waals surface area contributed by atoms with E-state index in [0.29, 0.717) is 5.56 Å². The normalized spacial score (nSPS) is 11.1. The molecule has 3 heteroatoms. The lowest BCUT2D eigenvalue weighted by Gasteiger charge is -2.20. The molecule has 0 fully saturated rings. The molecule has 0 spiro atoms. The molecule has 14 heavy (non-hydrogen) atoms. The number of aromatic hydroxyl groups is 1. The van der Waals surface area contributed by atoms with Crippen molar-refractivity contribution >= 4 is 15.9 Å². The first-order valence-electron chi connectivity index (χ1n) is 4.30. The Morgan fingerprint density at radius 1 is 1.43 bits per heavy atom. The largest absolute Gasteiger partial charge is 0.507 e. The first kappa shape index (κ1) is 11.1. The Kier molecular flexibility index (Phi) is 2.86. The van der Waals surface area contributed by atoms with Gasteiger partial charge in [-0.3, -0.25) is 0 Å². The van der Waals surface area contributed by atoms with E-state index in [2.05, 4.69) is 22.0 Å². The van der Waals surface area contributed by atoms with Gasteiger partial charge in [0.25, 0.3) is 0 Å². The molecule has 0 amide bonds. The van der Waals surface area contributed by atoms with Gasteiger partial charge in [0.2, 0.25) is 0 Å². The summed E-state index contributed by atoms with van der Waals surface area (Å²) in [6, 6.07) is 5.84. The number of aryl methyl sites for hydroxylation is 1. The van der Waals surface area contributed by atoms with Gasteiger partial charge in [-0.15, -0.1) is 0 Å². The molecule has 1 aromatic rings. The number of phenolic OH excluding ortho intramolecular Hbond substituents is 1. The molecule has 0 unspecified atom stereocenters. The highest BCUT2D eigenvalue weighted by Gasteiger charge is 2.26. The second kappa shape index (κ2) is 3.62. The Morgan fingerprint density at radius 3 is 2.50 bits per heavy atom. The average molecular weight is 254 g/mol. The fraction of sp³-hybridized carbons (Fsp3) is 0.364. The molecule has 0 aliphatic rings. The van der Waals surface area contributed by atoms with Gasteiger partial charge in [0, 0.05) is 10.0 Å². The number of rotatable bonds is 1. The van der Waals surface area contributed by atoms with Crippen molar-refractivity contribution in [3.05, 3.63) is 27.7 Å². The third-order valence-corrected chi connectivity index (χ3v) is 2.89. The van der Waals surface area contributed by atoms with Crippen molar-refractivity contribution in [2.45, 2.75) is 26.2 Å². The van der Waals surface area contributed by atoms with Crippen molar-refractivity contribution in [2.24, 2.45) is 0 Å². The zero-order chi connectivity index (χ0) is 10.9. The Hall–Kier alpha value is -1.01. The fourth-order valence-corrected chi connectivity index (χ4v) is 2.14. The van der Waals surface area contributed by atoms with Gasteiger partial charge in [-0.2, -0.15) is 5.26 Å². The molecule has 0 aromatic heterocycles. The number of halogens is 1. The van der Waals surface area contributed by atoms with Gasteiger partial charge in [0.15, 0.2) is 0 Å². The van der Waals surface area contributed by atoms with Crippen LogP contribution in [0, 0.1) is 18.3 Å². The van der Waals surface area contributed by atoms with Crippen molar-refractivity contribution in [1.82, 2.24) is 0 Å². The van der Waals surface area contributed by atoms with E-state index in [1.807, 2.05) is 19.1 Å². The summed E-state index contributed by atoms with van der Waals surface area (Å²) < 4.78 is 0.771. The number of nitrogens with zero attached hydrogens (tertiary/aromatic N) is 1. The summed E-state index contributed by atoms with van der Waals surface area (Å²) in [7, 11) is 0. The van der Waals surface area contributed by atoms with Gasteiger partial charge in [-0.25, -0.2) is 0 Å². The second-order valence-corrected chi connectivity index (χ2v) is 4.68. The van der Waals surface area contributed by atoms with E-state index >= 15 is 0 Å². The minimum Gasteiger partial charge on any atom is -0.507 e. The molecule has 0 heterocycles. The van der Waals surface area contributed by atoms with Crippen molar-refractivity contribution in [1.29, 1.82) is 5.26 Å². The average Bonchev–Trinajstić information content (AvgIpc) is 2.12. The summed E-state index contributed by atoms with van der Waals surface area (Å²) in [6.07, 6.45) is 0. The van der Waals surface area contributed by atoms with E-state index < -0.39 is 5.41 Å². The smallest absolute Gasteiger partial charge is 0.124 e. The van der Waals surface area contributed by atoms with Crippen molar-refractivity contribution in [3.8, 4) is 11.8 Å². The topological polar surface area (TPSA) is 44.0 Å². The number of benzene rings is 1. The van der Waals surface area contributed by atoms with E-state index in [-0.39, 0.29) is 5.75 Å². The zero-order valence-electron chi connectivity index (χ0n) is 8.43. The lowest BCUT2D eigenvalue weighted by Crippen LogP contribution is -2.15. The third kappa shape index (κ3) is 1.76. The van der Waals surface area contributed by atoms with Crippen LogP contribution in [0.1, 0.15) is 25.0 Å². The maximum atomic E-state index is 9.86. The molecular weight excluding hydrogens is 242 g/mol. The molecule has 1 N–H and O–H groups in total. The van der Waals surface area contributed by atoms with Crippen LogP contribution in [0.25, 0.3) is 0 Å². The Balaban J connectivity index is 3.49. The minimum absolute atomic E-state index is 0.200. The number of phenols is 1. The molecule has 74 valence electrons.